The molecule has 2 fully saturated rings. The molecule has 1 aromatic heterocycles. The second-order valence-electron chi connectivity index (χ2n) is 6.19. The maximum Gasteiger partial charge on any atom is 0.162 e. The van der Waals surface area contributed by atoms with E-state index in [1.54, 1.807) is 12.1 Å². The molecule has 3 heterocycles. The number of aromatic nitrogens is 4. The lowest BCUT2D eigenvalue weighted by Gasteiger charge is -2.38. The Kier molecular flexibility index (Phi) is 4.13. The fourth-order valence-corrected chi connectivity index (χ4v) is 4.03. The van der Waals surface area contributed by atoms with E-state index >= 15 is 0 Å². The van der Waals surface area contributed by atoms with Gasteiger partial charge in [-0.2, -0.15) is 0 Å². The Morgan fingerprint density at radius 1 is 1.17 bits per heavy atom. The molecule has 2 atom stereocenters. The van der Waals surface area contributed by atoms with E-state index in [4.69, 9.17) is 27.9 Å². The van der Waals surface area contributed by atoms with Crippen LogP contribution in [0.5, 0.6) is 5.75 Å². The van der Waals surface area contributed by atoms with Crippen LogP contribution in [-0.2, 0) is 6.54 Å². The van der Waals surface area contributed by atoms with Crippen LogP contribution in [-0.4, -0.2) is 43.7 Å². The highest BCUT2D eigenvalue weighted by atomic mass is 35.5. The van der Waals surface area contributed by atoms with Gasteiger partial charge in [0.2, 0.25) is 0 Å². The van der Waals surface area contributed by atoms with Gasteiger partial charge in [-0.05, 0) is 48.2 Å². The molecule has 0 saturated carbocycles. The molecular weight excluding hydrogens is 337 g/mol. The number of piperidine rings is 1. The Hall–Kier alpha value is -1.37. The van der Waals surface area contributed by atoms with Crippen molar-refractivity contribution in [3.8, 4) is 5.75 Å². The third-order valence-corrected chi connectivity index (χ3v) is 5.50. The third kappa shape index (κ3) is 3.16. The first kappa shape index (κ1) is 15.2. The molecule has 0 radical (unpaired) electrons. The number of fused-ring (bicyclic) bond motifs is 2. The monoisotopic (exact) mass is 353 g/mol. The zero-order chi connectivity index (χ0) is 15.8. The normalized spacial score (nSPS) is 27.3. The van der Waals surface area contributed by atoms with E-state index in [9.17, 15) is 0 Å². The van der Waals surface area contributed by atoms with Gasteiger partial charge in [0.25, 0.3) is 0 Å². The standard InChI is InChI=1S/C15H17Cl2N5O/c16-13-4-3-11(7-14(13)17)23-12-5-9-1-2-10(6-12)22(9)8-15-18-20-21-19-15/h3-4,7,9-10,12H,1-2,5-6,8H2,(H,18,19,20,21). The van der Waals surface area contributed by atoms with Crippen molar-refractivity contribution in [2.45, 2.75) is 50.4 Å². The van der Waals surface area contributed by atoms with Crippen molar-refractivity contribution in [1.29, 1.82) is 0 Å². The predicted octanol–water partition coefficient (Wildman–Crippen LogP) is 3.08. The van der Waals surface area contributed by atoms with Gasteiger partial charge in [0, 0.05) is 18.2 Å². The summed E-state index contributed by atoms with van der Waals surface area (Å²) in [4.78, 5) is 2.50. The molecule has 0 aliphatic carbocycles. The molecule has 0 amide bonds. The summed E-state index contributed by atoms with van der Waals surface area (Å²) < 4.78 is 6.14. The number of hydrogen-bond donors (Lipinski definition) is 1. The Bertz CT molecular complexity index is 667. The van der Waals surface area contributed by atoms with Crippen LogP contribution in [0.15, 0.2) is 18.2 Å². The van der Waals surface area contributed by atoms with E-state index in [2.05, 4.69) is 25.5 Å². The van der Waals surface area contributed by atoms with E-state index in [0.29, 0.717) is 22.1 Å². The lowest BCUT2D eigenvalue weighted by molar-refractivity contribution is 0.0430. The number of hydrogen-bond acceptors (Lipinski definition) is 5. The van der Waals surface area contributed by atoms with Crippen LogP contribution >= 0.6 is 23.2 Å². The first-order chi connectivity index (χ1) is 11.2. The summed E-state index contributed by atoms with van der Waals surface area (Å²) in [5.41, 5.74) is 0. The largest absolute Gasteiger partial charge is 0.490 e. The van der Waals surface area contributed by atoms with Crippen molar-refractivity contribution >= 4 is 23.2 Å². The van der Waals surface area contributed by atoms with Gasteiger partial charge in [0.1, 0.15) is 11.9 Å². The molecule has 2 bridgehead atoms. The molecule has 122 valence electrons. The van der Waals surface area contributed by atoms with E-state index in [1.807, 2.05) is 6.07 Å². The van der Waals surface area contributed by atoms with Gasteiger partial charge >= 0.3 is 0 Å². The average Bonchev–Trinajstić information content (AvgIpc) is 3.11. The summed E-state index contributed by atoms with van der Waals surface area (Å²) in [6.45, 7) is 0.780. The van der Waals surface area contributed by atoms with Crippen LogP contribution in [0.1, 0.15) is 31.5 Å². The smallest absolute Gasteiger partial charge is 0.162 e. The molecule has 2 aliphatic heterocycles. The molecule has 8 heteroatoms. The summed E-state index contributed by atoms with van der Waals surface area (Å²) in [6, 6.07) is 6.49. The summed E-state index contributed by atoms with van der Waals surface area (Å²) in [5.74, 6) is 1.61. The molecule has 2 aliphatic rings. The van der Waals surface area contributed by atoms with Gasteiger partial charge in [0.15, 0.2) is 5.82 Å². The quantitative estimate of drug-likeness (QED) is 0.914. The molecule has 0 spiro atoms. The minimum Gasteiger partial charge on any atom is -0.490 e. The number of ether oxygens (including phenoxy) is 1. The molecule has 2 aromatic rings. The topological polar surface area (TPSA) is 66.9 Å². The fraction of sp³-hybridized carbons (Fsp3) is 0.533. The molecular formula is C15H17Cl2N5O. The second-order valence-corrected chi connectivity index (χ2v) is 7.01. The van der Waals surface area contributed by atoms with Crippen molar-refractivity contribution in [3.05, 3.63) is 34.1 Å². The molecule has 2 unspecified atom stereocenters. The number of nitrogens with one attached hydrogen (secondary N) is 1. The molecule has 23 heavy (non-hydrogen) atoms. The Morgan fingerprint density at radius 3 is 2.61 bits per heavy atom. The van der Waals surface area contributed by atoms with Crippen LogP contribution in [0.25, 0.3) is 0 Å². The third-order valence-electron chi connectivity index (χ3n) is 4.76. The first-order valence-electron chi connectivity index (χ1n) is 7.79. The Morgan fingerprint density at radius 2 is 1.96 bits per heavy atom. The van der Waals surface area contributed by atoms with Crippen LogP contribution < -0.4 is 4.74 Å². The summed E-state index contributed by atoms with van der Waals surface area (Å²) in [6.07, 6.45) is 4.64. The van der Waals surface area contributed by atoms with E-state index in [0.717, 1.165) is 31.0 Å². The lowest BCUT2D eigenvalue weighted by atomic mass is 9.99. The van der Waals surface area contributed by atoms with Crippen LogP contribution in [0, 0.1) is 0 Å². The SMILES string of the molecule is Clc1ccc(OC2CC3CCC(C2)N3Cc2nnn[nH]2)cc1Cl. The van der Waals surface area contributed by atoms with Crippen molar-refractivity contribution in [2.24, 2.45) is 0 Å². The molecule has 1 N–H and O–H groups in total. The van der Waals surface area contributed by atoms with Gasteiger partial charge in [-0.3, -0.25) is 4.90 Å². The van der Waals surface area contributed by atoms with Crippen LogP contribution in [0.4, 0.5) is 0 Å². The maximum atomic E-state index is 6.14. The first-order valence-corrected chi connectivity index (χ1v) is 8.54. The van der Waals surface area contributed by atoms with Crippen molar-refractivity contribution in [3.63, 3.8) is 0 Å². The van der Waals surface area contributed by atoms with Crippen LogP contribution in [0.2, 0.25) is 10.0 Å². The fourth-order valence-electron chi connectivity index (χ4n) is 3.74. The summed E-state index contributed by atoms with van der Waals surface area (Å²) >= 11 is 12.0. The van der Waals surface area contributed by atoms with Crippen molar-refractivity contribution in [2.75, 3.05) is 0 Å². The summed E-state index contributed by atoms with van der Waals surface area (Å²) in [5, 5.41) is 15.2. The van der Waals surface area contributed by atoms with E-state index < -0.39 is 0 Å². The van der Waals surface area contributed by atoms with Gasteiger partial charge in [-0.1, -0.05) is 23.2 Å². The Balaban J connectivity index is 1.41. The zero-order valence-electron chi connectivity index (χ0n) is 12.5. The summed E-state index contributed by atoms with van der Waals surface area (Å²) in [7, 11) is 0. The van der Waals surface area contributed by atoms with Crippen molar-refractivity contribution < 1.29 is 4.74 Å². The van der Waals surface area contributed by atoms with Gasteiger partial charge in [-0.25, -0.2) is 5.10 Å². The van der Waals surface area contributed by atoms with Gasteiger partial charge in [-0.15, -0.1) is 5.10 Å². The zero-order valence-corrected chi connectivity index (χ0v) is 14.0. The molecule has 2 saturated heterocycles. The highest BCUT2D eigenvalue weighted by Crippen LogP contribution is 2.38. The number of aromatic amines is 1. The minimum atomic E-state index is 0.217. The molecule has 1 aromatic carbocycles. The predicted molar refractivity (Wildman–Crippen MR) is 86.6 cm³/mol. The number of benzene rings is 1. The number of tetrazole rings is 1. The number of H-pyrrole nitrogens is 1. The Labute approximate surface area is 144 Å². The lowest BCUT2D eigenvalue weighted by Crippen LogP contribution is -2.45. The molecule has 4 rings (SSSR count). The second kappa shape index (κ2) is 6.26. The van der Waals surface area contributed by atoms with Crippen molar-refractivity contribution in [1.82, 2.24) is 25.5 Å². The highest BCUT2D eigenvalue weighted by molar-refractivity contribution is 6.42. The highest BCUT2D eigenvalue weighted by Gasteiger charge is 2.41. The van der Waals surface area contributed by atoms with Crippen LogP contribution in [0.3, 0.4) is 0 Å². The van der Waals surface area contributed by atoms with Gasteiger partial charge in [0.05, 0.1) is 16.6 Å². The maximum absolute atomic E-state index is 6.14. The number of halogens is 2. The number of nitrogens with zero attached hydrogens (tertiary/aromatic N) is 4. The van der Waals surface area contributed by atoms with Gasteiger partial charge < -0.3 is 4.74 Å². The molecule has 6 nitrogen and oxygen atoms in total. The average molecular weight is 354 g/mol. The minimum absolute atomic E-state index is 0.217. The van der Waals surface area contributed by atoms with E-state index in [-0.39, 0.29) is 6.10 Å². The van der Waals surface area contributed by atoms with E-state index in [1.165, 1.54) is 12.8 Å². The number of rotatable bonds is 4.